The molecule has 0 amide bonds. The molecule has 0 spiro atoms. The number of methoxy groups -OCH3 is 1. The fraction of sp³-hybridized carbons (Fsp3) is 0.533. The zero-order valence-electron chi connectivity index (χ0n) is 11.0. The number of carbonyl (C=O) groups is 1. The predicted molar refractivity (Wildman–Crippen MR) is 71.9 cm³/mol. The van der Waals surface area contributed by atoms with Crippen molar-refractivity contribution in [1.29, 1.82) is 0 Å². The van der Waals surface area contributed by atoms with E-state index in [1.54, 1.807) is 7.11 Å². The molecular weight excluding hydrogens is 226 g/mol. The largest absolute Gasteiger partial charge is 0.380 e. The van der Waals surface area contributed by atoms with E-state index in [1.807, 2.05) is 30.3 Å². The highest BCUT2D eigenvalue weighted by Crippen LogP contribution is 2.13. The molecule has 1 fully saturated rings. The average Bonchev–Trinajstić information content (AvgIpc) is 2.87. The molecule has 1 heterocycles. The molecule has 0 bridgehead atoms. The molecule has 0 N–H and O–H groups in total. The number of hydrogen-bond donors (Lipinski definition) is 0. The number of ether oxygens (including phenoxy) is 1. The number of benzene rings is 1. The van der Waals surface area contributed by atoms with Crippen molar-refractivity contribution >= 4 is 5.78 Å². The normalized spacial score (nSPS) is 20.2. The second-order valence-electron chi connectivity index (χ2n) is 4.84. The lowest BCUT2D eigenvalue weighted by molar-refractivity contribution is 0.0969. The zero-order chi connectivity index (χ0) is 12.8. The average molecular weight is 247 g/mol. The molecule has 0 saturated carbocycles. The minimum absolute atomic E-state index is 0.248. The van der Waals surface area contributed by atoms with Crippen LogP contribution in [0, 0.1) is 0 Å². The summed E-state index contributed by atoms with van der Waals surface area (Å²) < 4.78 is 5.33. The van der Waals surface area contributed by atoms with Crippen molar-refractivity contribution in [3.8, 4) is 0 Å². The molecular formula is C15H21NO2. The molecule has 0 radical (unpaired) electrons. The van der Waals surface area contributed by atoms with Crippen LogP contribution in [0.1, 0.15) is 29.6 Å². The summed E-state index contributed by atoms with van der Waals surface area (Å²) in [6.45, 7) is 3.10. The van der Waals surface area contributed by atoms with Crippen LogP contribution in [0.15, 0.2) is 30.3 Å². The van der Waals surface area contributed by atoms with Gasteiger partial charge in [0, 0.05) is 32.2 Å². The molecule has 0 aromatic heterocycles. The molecule has 2 rings (SSSR count). The maximum absolute atomic E-state index is 11.9. The Morgan fingerprint density at radius 3 is 2.83 bits per heavy atom. The first-order valence-electron chi connectivity index (χ1n) is 6.63. The highest BCUT2D eigenvalue weighted by atomic mass is 16.5. The quantitative estimate of drug-likeness (QED) is 0.723. The maximum atomic E-state index is 11.9. The third-order valence-electron chi connectivity index (χ3n) is 3.54. The van der Waals surface area contributed by atoms with Crippen LogP contribution in [0.5, 0.6) is 0 Å². The zero-order valence-corrected chi connectivity index (χ0v) is 11.0. The third kappa shape index (κ3) is 3.65. The number of nitrogens with zero attached hydrogens (tertiary/aromatic N) is 1. The molecule has 3 nitrogen and oxygen atoms in total. The van der Waals surface area contributed by atoms with Gasteiger partial charge in [-0.3, -0.25) is 4.79 Å². The summed E-state index contributed by atoms with van der Waals surface area (Å²) in [7, 11) is 1.77. The van der Waals surface area contributed by atoms with Gasteiger partial charge in [-0.05, 0) is 19.4 Å². The van der Waals surface area contributed by atoms with Crippen LogP contribution < -0.4 is 0 Å². The van der Waals surface area contributed by atoms with Gasteiger partial charge in [-0.1, -0.05) is 30.3 Å². The number of Topliss-reactive ketones (excluding diaryl/α,β-unsaturated/α-hetero) is 1. The van der Waals surface area contributed by atoms with E-state index in [0.717, 1.165) is 38.0 Å². The minimum Gasteiger partial charge on any atom is -0.380 e. The number of ketones is 1. The van der Waals surface area contributed by atoms with E-state index in [9.17, 15) is 4.79 Å². The first-order valence-corrected chi connectivity index (χ1v) is 6.63. The van der Waals surface area contributed by atoms with Crippen molar-refractivity contribution in [3.63, 3.8) is 0 Å². The van der Waals surface area contributed by atoms with Crippen LogP contribution in [0.3, 0.4) is 0 Å². The fourth-order valence-corrected chi connectivity index (χ4v) is 2.42. The van der Waals surface area contributed by atoms with E-state index in [1.165, 1.54) is 0 Å². The van der Waals surface area contributed by atoms with Crippen LogP contribution in [0.4, 0.5) is 0 Å². The molecule has 0 aliphatic carbocycles. The van der Waals surface area contributed by atoms with Crippen molar-refractivity contribution in [2.45, 2.75) is 25.4 Å². The van der Waals surface area contributed by atoms with Crippen LogP contribution >= 0.6 is 0 Å². The Balaban J connectivity index is 1.68. The summed E-state index contributed by atoms with van der Waals surface area (Å²) in [5.41, 5.74) is 0.827. The minimum atomic E-state index is 0.248. The van der Waals surface area contributed by atoms with E-state index in [4.69, 9.17) is 4.74 Å². The summed E-state index contributed by atoms with van der Waals surface area (Å²) in [4.78, 5) is 14.3. The first kappa shape index (κ1) is 13.2. The van der Waals surface area contributed by atoms with E-state index >= 15 is 0 Å². The Morgan fingerprint density at radius 1 is 1.39 bits per heavy atom. The third-order valence-corrected chi connectivity index (χ3v) is 3.54. The second-order valence-corrected chi connectivity index (χ2v) is 4.84. The molecule has 98 valence electrons. The van der Waals surface area contributed by atoms with E-state index in [0.29, 0.717) is 12.5 Å². The molecule has 1 saturated heterocycles. The monoisotopic (exact) mass is 247 g/mol. The number of likely N-dealkylation sites (tertiary alicyclic amines) is 1. The van der Waals surface area contributed by atoms with Crippen LogP contribution in [-0.2, 0) is 4.74 Å². The van der Waals surface area contributed by atoms with Crippen LogP contribution in [0.25, 0.3) is 0 Å². The van der Waals surface area contributed by atoms with Crippen molar-refractivity contribution < 1.29 is 9.53 Å². The Bertz CT molecular complexity index is 377. The van der Waals surface area contributed by atoms with Gasteiger partial charge in [-0.15, -0.1) is 0 Å². The lowest BCUT2D eigenvalue weighted by atomic mass is 10.1. The van der Waals surface area contributed by atoms with Crippen LogP contribution in [0.2, 0.25) is 0 Å². The fourth-order valence-electron chi connectivity index (χ4n) is 2.42. The molecule has 1 unspecified atom stereocenters. The smallest absolute Gasteiger partial charge is 0.162 e. The van der Waals surface area contributed by atoms with Gasteiger partial charge in [-0.25, -0.2) is 0 Å². The Morgan fingerprint density at radius 2 is 2.17 bits per heavy atom. The van der Waals surface area contributed by atoms with Gasteiger partial charge < -0.3 is 9.64 Å². The van der Waals surface area contributed by atoms with E-state index in [2.05, 4.69) is 4.90 Å². The van der Waals surface area contributed by atoms with Gasteiger partial charge in [0.05, 0.1) is 6.10 Å². The lowest BCUT2D eigenvalue weighted by Gasteiger charge is -2.14. The second kappa shape index (κ2) is 6.66. The van der Waals surface area contributed by atoms with E-state index in [-0.39, 0.29) is 5.78 Å². The summed E-state index contributed by atoms with van der Waals surface area (Å²) in [6, 6.07) is 9.54. The van der Waals surface area contributed by atoms with Gasteiger partial charge in [-0.2, -0.15) is 0 Å². The molecule has 1 atom stereocenters. The van der Waals surface area contributed by atoms with Gasteiger partial charge in [0.25, 0.3) is 0 Å². The molecule has 1 aliphatic rings. The topological polar surface area (TPSA) is 29.5 Å². The molecule has 3 heteroatoms. The van der Waals surface area contributed by atoms with Gasteiger partial charge >= 0.3 is 0 Å². The highest BCUT2D eigenvalue weighted by Gasteiger charge is 2.21. The molecule has 18 heavy (non-hydrogen) atoms. The van der Waals surface area contributed by atoms with Crippen LogP contribution in [-0.4, -0.2) is 43.5 Å². The summed E-state index contributed by atoms with van der Waals surface area (Å²) in [6.07, 6.45) is 3.07. The molecule has 1 aromatic rings. The van der Waals surface area contributed by atoms with Crippen molar-refractivity contribution in [2.75, 3.05) is 26.7 Å². The summed E-state index contributed by atoms with van der Waals surface area (Å²) >= 11 is 0. The predicted octanol–water partition coefficient (Wildman–Crippen LogP) is 2.37. The number of rotatable bonds is 6. The van der Waals surface area contributed by atoms with Crippen molar-refractivity contribution in [1.82, 2.24) is 4.90 Å². The lowest BCUT2D eigenvalue weighted by Crippen LogP contribution is -2.24. The van der Waals surface area contributed by atoms with Crippen molar-refractivity contribution in [2.24, 2.45) is 0 Å². The summed E-state index contributed by atoms with van der Waals surface area (Å²) in [5, 5.41) is 0. The standard InChI is InChI=1S/C15H21NO2/c1-18-14-9-11-16(12-14)10-5-8-15(17)13-6-3-2-4-7-13/h2-4,6-7,14H,5,8-12H2,1H3. The SMILES string of the molecule is COC1CCN(CCCC(=O)c2ccccc2)C1. The Labute approximate surface area is 109 Å². The van der Waals surface area contributed by atoms with E-state index < -0.39 is 0 Å². The Hall–Kier alpha value is -1.19. The molecule has 1 aromatic carbocycles. The summed E-state index contributed by atoms with van der Waals surface area (Å²) in [5.74, 6) is 0.248. The van der Waals surface area contributed by atoms with Crippen molar-refractivity contribution in [3.05, 3.63) is 35.9 Å². The van der Waals surface area contributed by atoms with Gasteiger partial charge in [0.1, 0.15) is 0 Å². The molecule has 1 aliphatic heterocycles. The van der Waals surface area contributed by atoms with Gasteiger partial charge in [0.2, 0.25) is 0 Å². The number of hydrogen-bond acceptors (Lipinski definition) is 3. The van der Waals surface area contributed by atoms with Gasteiger partial charge in [0.15, 0.2) is 5.78 Å². The number of carbonyl (C=O) groups excluding carboxylic acids is 1. The first-order chi connectivity index (χ1) is 8.79. The highest BCUT2D eigenvalue weighted by molar-refractivity contribution is 5.95. The Kier molecular flexibility index (Phi) is 4.90. The maximum Gasteiger partial charge on any atom is 0.162 e.